The Morgan fingerprint density at radius 2 is 2.00 bits per heavy atom. The van der Waals surface area contributed by atoms with Gasteiger partial charge < -0.3 is 16.0 Å². The number of halogens is 1. The monoisotopic (exact) mass is 355 g/mol. The highest BCUT2D eigenvalue weighted by Crippen LogP contribution is 2.54. The van der Waals surface area contributed by atoms with E-state index in [4.69, 9.17) is 11.6 Å². The Morgan fingerprint density at radius 1 is 1.20 bits per heavy atom. The van der Waals surface area contributed by atoms with Gasteiger partial charge in [-0.05, 0) is 42.0 Å². The van der Waals surface area contributed by atoms with Crippen molar-refractivity contribution in [2.45, 2.75) is 19.4 Å². The summed E-state index contributed by atoms with van der Waals surface area (Å²) in [6.07, 6.45) is 2.31. The fourth-order valence-electron chi connectivity index (χ4n) is 3.62. The molecule has 1 amide bonds. The number of nitrogens with one attached hydrogen (secondary N) is 3. The summed E-state index contributed by atoms with van der Waals surface area (Å²) in [7, 11) is 0. The molecule has 1 spiro atoms. The van der Waals surface area contributed by atoms with E-state index < -0.39 is 0 Å². The first-order valence-electron chi connectivity index (χ1n) is 8.75. The van der Waals surface area contributed by atoms with Crippen molar-refractivity contribution in [3.05, 3.63) is 59.1 Å². The first-order valence-corrected chi connectivity index (χ1v) is 9.13. The van der Waals surface area contributed by atoms with Crippen LogP contribution in [0, 0.1) is 11.3 Å². The molecule has 1 aliphatic carbocycles. The lowest BCUT2D eigenvalue weighted by Gasteiger charge is -2.17. The van der Waals surface area contributed by atoms with Gasteiger partial charge in [0.25, 0.3) is 0 Å². The number of rotatable bonds is 5. The van der Waals surface area contributed by atoms with Crippen LogP contribution in [-0.4, -0.2) is 19.0 Å². The predicted molar refractivity (Wildman–Crippen MR) is 102 cm³/mol. The second-order valence-corrected chi connectivity index (χ2v) is 7.48. The minimum atomic E-state index is 0.0714. The van der Waals surface area contributed by atoms with Crippen molar-refractivity contribution in [1.29, 1.82) is 0 Å². The molecule has 2 aromatic carbocycles. The maximum atomic E-state index is 12.6. The van der Waals surface area contributed by atoms with Crippen molar-refractivity contribution < 1.29 is 4.79 Å². The van der Waals surface area contributed by atoms with Crippen molar-refractivity contribution in [2.75, 3.05) is 23.7 Å². The molecule has 25 heavy (non-hydrogen) atoms. The van der Waals surface area contributed by atoms with Gasteiger partial charge in [0, 0.05) is 25.3 Å². The van der Waals surface area contributed by atoms with Crippen LogP contribution in [0.5, 0.6) is 0 Å². The van der Waals surface area contributed by atoms with E-state index in [2.05, 4.69) is 28.1 Å². The third kappa shape index (κ3) is 3.51. The van der Waals surface area contributed by atoms with Crippen LogP contribution >= 0.6 is 11.6 Å². The number of benzene rings is 2. The number of hydrogen-bond donors (Lipinski definition) is 3. The second-order valence-electron chi connectivity index (χ2n) is 7.07. The highest BCUT2D eigenvalue weighted by Gasteiger charge is 2.54. The molecule has 0 bridgehead atoms. The van der Waals surface area contributed by atoms with Crippen LogP contribution in [0.1, 0.15) is 18.4 Å². The molecular weight excluding hydrogens is 334 g/mol. The smallest absolute Gasteiger partial charge is 0.229 e. The molecule has 0 aromatic heterocycles. The highest BCUT2D eigenvalue weighted by atomic mass is 35.5. The minimum Gasteiger partial charge on any atom is -0.380 e. The Hall–Kier alpha value is -2.04. The fourth-order valence-corrected chi connectivity index (χ4v) is 3.87. The van der Waals surface area contributed by atoms with E-state index in [1.165, 1.54) is 5.56 Å². The lowest BCUT2D eigenvalue weighted by molar-refractivity contribution is -0.120. The van der Waals surface area contributed by atoms with Gasteiger partial charge in [-0.2, -0.15) is 0 Å². The molecule has 1 aliphatic heterocycles. The summed E-state index contributed by atoms with van der Waals surface area (Å²) in [5.74, 6) is 0.172. The maximum absolute atomic E-state index is 12.6. The summed E-state index contributed by atoms with van der Waals surface area (Å²) >= 11 is 6.38. The molecule has 1 atom stereocenters. The van der Waals surface area contributed by atoms with Crippen molar-refractivity contribution in [2.24, 2.45) is 11.3 Å². The second kappa shape index (κ2) is 6.70. The molecule has 1 unspecified atom stereocenters. The van der Waals surface area contributed by atoms with Gasteiger partial charge in [0.1, 0.15) is 0 Å². The Balaban J connectivity index is 1.39. The highest BCUT2D eigenvalue weighted by molar-refractivity contribution is 6.33. The zero-order valence-corrected chi connectivity index (χ0v) is 14.8. The standard InChI is InChI=1S/C20H22ClN3O/c21-17-10-15(24-19(25)16-12-22-13-20(16)8-9-20)6-7-18(17)23-11-14-4-2-1-3-5-14/h1-7,10,16,22-23H,8-9,11-13H2,(H,24,25). The fraction of sp³-hybridized carbons (Fsp3) is 0.350. The lowest BCUT2D eigenvalue weighted by Crippen LogP contribution is -2.29. The molecule has 2 fully saturated rings. The van der Waals surface area contributed by atoms with E-state index in [1.54, 1.807) is 0 Å². The molecule has 130 valence electrons. The molecule has 5 heteroatoms. The van der Waals surface area contributed by atoms with Crippen LogP contribution in [-0.2, 0) is 11.3 Å². The molecule has 1 saturated heterocycles. The molecule has 1 saturated carbocycles. The molecule has 1 heterocycles. The predicted octanol–water partition coefficient (Wildman–Crippen LogP) is 3.89. The SMILES string of the molecule is O=C(Nc1ccc(NCc2ccccc2)c(Cl)c1)C1CNCC12CC2. The Bertz CT molecular complexity index is 774. The summed E-state index contributed by atoms with van der Waals surface area (Å²) in [4.78, 5) is 12.6. The largest absolute Gasteiger partial charge is 0.380 e. The van der Waals surface area contributed by atoms with Crippen molar-refractivity contribution in [3.8, 4) is 0 Å². The number of amides is 1. The van der Waals surface area contributed by atoms with E-state index >= 15 is 0 Å². The topological polar surface area (TPSA) is 53.2 Å². The summed E-state index contributed by atoms with van der Waals surface area (Å²) in [6, 6.07) is 15.8. The van der Waals surface area contributed by atoms with Crippen LogP contribution in [0.4, 0.5) is 11.4 Å². The number of anilines is 2. The summed E-state index contributed by atoms with van der Waals surface area (Å²) in [6.45, 7) is 2.45. The van der Waals surface area contributed by atoms with Gasteiger partial charge >= 0.3 is 0 Å². The van der Waals surface area contributed by atoms with Gasteiger partial charge in [0.15, 0.2) is 0 Å². The average molecular weight is 356 g/mol. The third-order valence-corrected chi connectivity index (χ3v) is 5.65. The quantitative estimate of drug-likeness (QED) is 0.762. The first-order chi connectivity index (χ1) is 12.2. The normalized spacial score (nSPS) is 20.4. The van der Waals surface area contributed by atoms with E-state index in [9.17, 15) is 4.79 Å². The van der Waals surface area contributed by atoms with Gasteiger partial charge in [-0.25, -0.2) is 0 Å². The number of carbonyl (C=O) groups excluding carboxylic acids is 1. The Kier molecular flexibility index (Phi) is 4.40. The molecular formula is C20H22ClN3O. The van der Waals surface area contributed by atoms with E-state index in [1.807, 2.05) is 36.4 Å². The van der Waals surface area contributed by atoms with Gasteiger partial charge in [0.05, 0.1) is 16.6 Å². The summed E-state index contributed by atoms with van der Waals surface area (Å²) in [5, 5.41) is 10.3. The van der Waals surface area contributed by atoms with E-state index in [-0.39, 0.29) is 17.2 Å². The van der Waals surface area contributed by atoms with Gasteiger partial charge in [-0.1, -0.05) is 41.9 Å². The molecule has 2 aliphatic rings. The van der Waals surface area contributed by atoms with Crippen LogP contribution in [0.2, 0.25) is 5.02 Å². The van der Waals surface area contributed by atoms with Crippen LogP contribution in [0.15, 0.2) is 48.5 Å². The van der Waals surface area contributed by atoms with Crippen LogP contribution in [0.25, 0.3) is 0 Å². The molecule has 3 N–H and O–H groups in total. The Labute approximate surface area is 153 Å². The van der Waals surface area contributed by atoms with Crippen molar-refractivity contribution >= 4 is 28.9 Å². The van der Waals surface area contributed by atoms with E-state index in [0.717, 1.165) is 37.3 Å². The molecule has 0 radical (unpaired) electrons. The summed E-state index contributed by atoms with van der Waals surface area (Å²) in [5.41, 5.74) is 3.03. The minimum absolute atomic E-state index is 0.0714. The zero-order chi connectivity index (χ0) is 17.3. The van der Waals surface area contributed by atoms with Crippen LogP contribution < -0.4 is 16.0 Å². The number of carbonyl (C=O) groups is 1. The maximum Gasteiger partial charge on any atom is 0.229 e. The molecule has 2 aromatic rings. The zero-order valence-electron chi connectivity index (χ0n) is 14.0. The van der Waals surface area contributed by atoms with Gasteiger partial charge in [0.2, 0.25) is 5.91 Å². The Morgan fingerprint density at radius 3 is 2.72 bits per heavy atom. The number of hydrogen-bond acceptors (Lipinski definition) is 3. The molecule has 4 rings (SSSR count). The third-order valence-electron chi connectivity index (χ3n) is 5.34. The summed E-state index contributed by atoms with van der Waals surface area (Å²) < 4.78 is 0. The van der Waals surface area contributed by atoms with Gasteiger partial charge in [-0.3, -0.25) is 4.79 Å². The first kappa shape index (κ1) is 16.4. The molecule has 4 nitrogen and oxygen atoms in total. The lowest BCUT2D eigenvalue weighted by atomic mass is 9.92. The van der Waals surface area contributed by atoms with E-state index in [0.29, 0.717) is 11.6 Å². The van der Waals surface area contributed by atoms with Crippen LogP contribution in [0.3, 0.4) is 0 Å². The average Bonchev–Trinajstić information content (AvgIpc) is 3.26. The van der Waals surface area contributed by atoms with Crippen molar-refractivity contribution in [1.82, 2.24) is 5.32 Å². The van der Waals surface area contributed by atoms with Crippen molar-refractivity contribution in [3.63, 3.8) is 0 Å². The van der Waals surface area contributed by atoms with Gasteiger partial charge in [-0.15, -0.1) is 0 Å².